The van der Waals surface area contributed by atoms with E-state index in [1.807, 2.05) is 6.07 Å². The van der Waals surface area contributed by atoms with E-state index in [2.05, 4.69) is 15.3 Å². The van der Waals surface area contributed by atoms with Gasteiger partial charge in [0.15, 0.2) is 0 Å². The average molecular weight is 271 g/mol. The quantitative estimate of drug-likeness (QED) is 0.668. The summed E-state index contributed by atoms with van der Waals surface area (Å²) in [5, 5.41) is 22.3. The van der Waals surface area contributed by atoms with Gasteiger partial charge in [-0.2, -0.15) is 10.2 Å². The topological polar surface area (TPSA) is 114 Å². The summed E-state index contributed by atoms with van der Waals surface area (Å²) in [6.45, 7) is 0. The van der Waals surface area contributed by atoms with Gasteiger partial charge < -0.3 is 10.1 Å². The van der Waals surface area contributed by atoms with Crippen LogP contribution in [0.4, 0.5) is 11.6 Å². The molecule has 0 radical (unpaired) electrons. The Balaban J connectivity index is 2.35. The number of nitrogens with zero attached hydrogens (tertiary/aromatic N) is 4. The number of nitriles is 1. The first-order valence-corrected chi connectivity index (χ1v) is 5.51. The summed E-state index contributed by atoms with van der Waals surface area (Å²) in [6, 6.07) is 8.11. The fourth-order valence-corrected chi connectivity index (χ4v) is 1.39. The van der Waals surface area contributed by atoms with E-state index in [9.17, 15) is 10.1 Å². The molecule has 0 aliphatic carbocycles. The lowest BCUT2D eigenvalue weighted by Gasteiger charge is -2.06. The second-order valence-corrected chi connectivity index (χ2v) is 3.63. The van der Waals surface area contributed by atoms with Crippen LogP contribution in [0.3, 0.4) is 0 Å². The molecule has 0 saturated carbocycles. The van der Waals surface area contributed by atoms with Crippen molar-refractivity contribution < 1.29 is 9.66 Å². The van der Waals surface area contributed by atoms with Crippen molar-refractivity contribution in [2.45, 2.75) is 0 Å². The van der Waals surface area contributed by atoms with Gasteiger partial charge in [0, 0.05) is 7.05 Å². The highest BCUT2D eigenvalue weighted by atomic mass is 16.6. The van der Waals surface area contributed by atoms with Gasteiger partial charge in [0.2, 0.25) is 5.95 Å². The molecule has 2 rings (SSSR count). The first-order chi connectivity index (χ1) is 9.63. The van der Waals surface area contributed by atoms with Crippen LogP contribution in [0.25, 0.3) is 0 Å². The summed E-state index contributed by atoms with van der Waals surface area (Å²) >= 11 is 0. The molecule has 0 bridgehead atoms. The highest BCUT2D eigenvalue weighted by Crippen LogP contribution is 2.29. The van der Waals surface area contributed by atoms with Gasteiger partial charge in [0.1, 0.15) is 11.9 Å². The molecule has 1 aromatic carbocycles. The molecule has 0 atom stereocenters. The second-order valence-electron chi connectivity index (χ2n) is 3.63. The van der Waals surface area contributed by atoms with Crippen molar-refractivity contribution in [3.63, 3.8) is 0 Å². The third-order valence-electron chi connectivity index (χ3n) is 2.35. The van der Waals surface area contributed by atoms with Gasteiger partial charge in [-0.3, -0.25) is 10.1 Å². The number of benzene rings is 1. The molecule has 20 heavy (non-hydrogen) atoms. The molecule has 1 heterocycles. The van der Waals surface area contributed by atoms with E-state index < -0.39 is 4.92 Å². The van der Waals surface area contributed by atoms with Crippen LogP contribution in [0.2, 0.25) is 0 Å². The molecule has 0 spiro atoms. The molecule has 1 aromatic heterocycles. The van der Waals surface area contributed by atoms with Gasteiger partial charge in [0.05, 0.1) is 16.6 Å². The predicted octanol–water partition coefficient (Wildman–Crippen LogP) is 2.09. The van der Waals surface area contributed by atoms with Crippen LogP contribution in [0, 0.1) is 21.4 Å². The lowest BCUT2D eigenvalue weighted by atomic mass is 10.2. The Bertz CT molecular complexity index is 678. The fourth-order valence-electron chi connectivity index (χ4n) is 1.39. The lowest BCUT2D eigenvalue weighted by Crippen LogP contribution is -2.01. The van der Waals surface area contributed by atoms with Crippen molar-refractivity contribution in [2.75, 3.05) is 12.4 Å². The molecule has 0 fully saturated rings. The zero-order valence-corrected chi connectivity index (χ0v) is 10.4. The Kier molecular flexibility index (Phi) is 3.72. The molecule has 0 unspecified atom stereocenters. The first kappa shape index (κ1) is 13.2. The van der Waals surface area contributed by atoms with E-state index in [4.69, 9.17) is 10.00 Å². The number of nitrogens with one attached hydrogen (secondary N) is 1. The molecule has 8 nitrogen and oxygen atoms in total. The van der Waals surface area contributed by atoms with Gasteiger partial charge >= 0.3 is 11.6 Å². The maximum absolute atomic E-state index is 10.9. The zero-order chi connectivity index (χ0) is 14.5. The van der Waals surface area contributed by atoms with Gasteiger partial charge in [0.25, 0.3) is 0 Å². The summed E-state index contributed by atoms with van der Waals surface area (Å²) < 4.78 is 5.37. The van der Waals surface area contributed by atoms with Crippen LogP contribution in [0.5, 0.6) is 11.6 Å². The standard InChI is InChI=1S/C12H9N5O3/c1-14-12-15-7-10(17(18)19)11(16-12)20-9-4-2-8(6-13)3-5-9/h2-5,7H,1H3,(H,14,15,16). The van der Waals surface area contributed by atoms with Crippen LogP contribution in [-0.4, -0.2) is 21.9 Å². The maximum atomic E-state index is 10.9. The van der Waals surface area contributed by atoms with Crippen molar-refractivity contribution in [3.8, 4) is 17.7 Å². The molecular formula is C12H9N5O3. The summed E-state index contributed by atoms with van der Waals surface area (Å²) in [4.78, 5) is 17.9. The van der Waals surface area contributed by atoms with E-state index in [0.717, 1.165) is 6.20 Å². The molecule has 0 amide bonds. The fraction of sp³-hybridized carbons (Fsp3) is 0.0833. The summed E-state index contributed by atoms with van der Waals surface area (Å²) in [7, 11) is 1.59. The number of aromatic nitrogens is 2. The molecule has 100 valence electrons. The molecular weight excluding hydrogens is 262 g/mol. The summed E-state index contributed by atoms with van der Waals surface area (Å²) in [5.41, 5.74) is 0.124. The largest absolute Gasteiger partial charge is 0.434 e. The molecule has 0 aliphatic rings. The highest BCUT2D eigenvalue weighted by molar-refractivity contribution is 5.46. The van der Waals surface area contributed by atoms with Gasteiger partial charge in [-0.1, -0.05) is 0 Å². The summed E-state index contributed by atoms with van der Waals surface area (Å²) in [5.74, 6) is 0.381. The molecule has 0 saturated heterocycles. The first-order valence-electron chi connectivity index (χ1n) is 5.51. The van der Waals surface area contributed by atoms with Crippen LogP contribution in [-0.2, 0) is 0 Å². The van der Waals surface area contributed by atoms with E-state index >= 15 is 0 Å². The highest BCUT2D eigenvalue weighted by Gasteiger charge is 2.19. The SMILES string of the molecule is CNc1ncc([N+](=O)[O-])c(Oc2ccc(C#N)cc2)n1. The maximum Gasteiger partial charge on any atom is 0.349 e. The number of nitro groups is 1. The van der Waals surface area contributed by atoms with Crippen LogP contribution < -0.4 is 10.1 Å². The Morgan fingerprint density at radius 3 is 2.65 bits per heavy atom. The minimum Gasteiger partial charge on any atom is -0.434 e. The Morgan fingerprint density at radius 2 is 2.10 bits per heavy atom. The van der Waals surface area contributed by atoms with Crippen molar-refractivity contribution in [1.82, 2.24) is 9.97 Å². The van der Waals surface area contributed by atoms with Crippen LogP contribution >= 0.6 is 0 Å². The lowest BCUT2D eigenvalue weighted by molar-refractivity contribution is -0.386. The van der Waals surface area contributed by atoms with Crippen molar-refractivity contribution >= 4 is 11.6 Å². The summed E-state index contributed by atoms with van der Waals surface area (Å²) in [6.07, 6.45) is 1.07. The second kappa shape index (κ2) is 5.62. The number of rotatable bonds is 4. The number of anilines is 1. The monoisotopic (exact) mass is 271 g/mol. The van der Waals surface area contributed by atoms with Crippen LogP contribution in [0.15, 0.2) is 30.5 Å². The van der Waals surface area contributed by atoms with Gasteiger partial charge in [-0.05, 0) is 24.3 Å². The minimum atomic E-state index is -0.627. The third-order valence-corrected chi connectivity index (χ3v) is 2.35. The van der Waals surface area contributed by atoms with Gasteiger partial charge in [-0.15, -0.1) is 0 Å². The van der Waals surface area contributed by atoms with Crippen molar-refractivity contribution in [2.24, 2.45) is 0 Å². The third kappa shape index (κ3) is 2.78. The molecule has 2 aromatic rings. The molecule has 0 aliphatic heterocycles. The zero-order valence-electron chi connectivity index (χ0n) is 10.4. The van der Waals surface area contributed by atoms with Crippen molar-refractivity contribution in [3.05, 3.63) is 46.1 Å². The van der Waals surface area contributed by atoms with E-state index in [1.54, 1.807) is 19.2 Å². The normalized spacial score (nSPS) is 9.60. The molecule has 1 N–H and O–H groups in total. The van der Waals surface area contributed by atoms with E-state index in [-0.39, 0.29) is 17.5 Å². The Morgan fingerprint density at radius 1 is 1.40 bits per heavy atom. The minimum absolute atomic E-state index is 0.168. The number of ether oxygens (including phenoxy) is 1. The smallest absolute Gasteiger partial charge is 0.349 e. The van der Waals surface area contributed by atoms with E-state index in [1.165, 1.54) is 12.1 Å². The number of hydrogen-bond acceptors (Lipinski definition) is 7. The predicted molar refractivity (Wildman–Crippen MR) is 69.5 cm³/mol. The van der Waals surface area contributed by atoms with Crippen molar-refractivity contribution in [1.29, 1.82) is 5.26 Å². The Labute approximate surface area is 113 Å². The number of hydrogen-bond donors (Lipinski definition) is 1. The van der Waals surface area contributed by atoms with Gasteiger partial charge in [-0.25, -0.2) is 4.98 Å². The van der Waals surface area contributed by atoms with E-state index in [0.29, 0.717) is 11.3 Å². The van der Waals surface area contributed by atoms with Crippen LogP contribution in [0.1, 0.15) is 5.56 Å². The average Bonchev–Trinajstić information content (AvgIpc) is 2.47. The molecule has 8 heteroatoms. The Hall–Kier alpha value is -3.21.